The van der Waals surface area contributed by atoms with E-state index in [1.165, 1.54) is 0 Å². The Kier molecular flexibility index (Phi) is 2.90. The minimum atomic E-state index is 0.577. The van der Waals surface area contributed by atoms with Gasteiger partial charge in [-0.15, -0.1) is 0 Å². The predicted octanol–water partition coefficient (Wildman–Crippen LogP) is 1.65. The summed E-state index contributed by atoms with van der Waals surface area (Å²) in [5.41, 5.74) is 2.91. The molecule has 0 amide bonds. The van der Waals surface area contributed by atoms with Crippen molar-refractivity contribution in [2.24, 2.45) is 0 Å². The average molecular weight is 242 g/mol. The maximum Gasteiger partial charge on any atom is 0.180 e. The number of ether oxygens (including phenoxy) is 1. The molecule has 1 aliphatic rings. The molecule has 5 nitrogen and oxygen atoms in total. The second-order valence-electron chi connectivity index (χ2n) is 4.09. The zero-order valence-corrected chi connectivity index (χ0v) is 10.2. The number of anilines is 1. The van der Waals surface area contributed by atoms with Crippen LogP contribution in [0.3, 0.4) is 0 Å². The van der Waals surface area contributed by atoms with Gasteiger partial charge in [-0.3, -0.25) is 4.98 Å². The first-order valence-electron chi connectivity index (χ1n) is 5.95. The molecule has 0 aromatic carbocycles. The quantitative estimate of drug-likeness (QED) is 0.867. The molecule has 0 unspecified atom stereocenters. The van der Waals surface area contributed by atoms with Crippen molar-refractivity contribution in [1.82, 2.24) is 15.0 Å². The summed E-state index contributed by atoms with van der Waals surface area (Å²) >= 11 is 0. The van der Waals surface area contributed by atoms with Crippen LogP contribution in [0, 0.1) is 0 Å². The first-order chi connectivity index (χ1) is 8.88. The average Bonchev–Trinajstić information content (AvgIpc) is 2.47. The van der Waals surface area contributed by atoms with Gasteiger partial charge in [0.05, 0.1) is 18.9 Å². The van der Waals surface area contributed by atoms with Crippen LogP contribution >= 0.6 is 0 Å². The first-order valence-corrected chi connectivity index (χ1v) is 5.95. The maximum absolute atomic E-state index is 5.45. The molecule has 0 bridgehead atoms. The summed E-state index contributed by atoms with van der Waals surface area (Å²) in [6.07, 6.45) is 2.58. The van der Waals surface area contributed by atoms with E-state index in [1.807, 2.05) is 25.2 Å². The largest absolute Gasteiger partial charge is 0.376 e. The van der Waals surface area contributed by atoms with E-state index in [9.17, 15) is 0 Å². The van der Waals surface area contributed by atoms with Gasteiger partial charge >= 0.3 is 0 Å². The lowest BCUT2D eigenvalue weighted by Gasteiger charge is -2.19. The molecule has 18 heavy (non-hydrogen) atoms. The van der Waals surface area contributed by atoms with Crippen LogP contribution in [-0.4, -0.2) is 28.6 Å². The number of pyridine rings is 1. The maximum atomic E-state index is 5.45. The Morgan fingerprint density at radius 1 is 1.28 bits per heavy atom. The molecular formula is C13H14N4O. The Bertz CT molecular complexity index is 539. The lowest BCUT2D eigenvalue weighted by Crippen LogP contribution is -2.16. The van der Waals surface area contributed by atoms with Gasteiger partial charge in [-0.25, -0.2) is 9.97 Å². The fourth-order valence-corrected chi connectivity index (χ4v) is 2.05. The van der Waals surface area contributed by atoms with Gasteiger partial charge in [-0.05, 0) is 12.1 Å². The van der Waals surface area contributed by atoms with Gasteiger partial charge in [0, 0.05) is 25.2 Å². The van der Waals surface area contributed by atoms with Crippen molar-refractivity contribution in [3.8, 4) is 11.5 Å². The highest BCUT2D eigenvalue weighted by atomic mass is 16.5. The van der Waals surface area contributed by atoms with Gasteiger partial charge in [0.2, 0.25) is 0 Å². The van der Waals surface area contributed by atoms with Crippen LogP contribution in [-0.2, 0) is 17.8 Å². The standard InChI is InChI=1S/C13H14N4O/c1-14-12-9-8-18-7-5-10(9)16-13(17-12)11-4-2-3-6-15-11/h2-4,6H,5,7-8H2,1H3,(H,14,16,17). The fourth-order valence-electron chi connectivity index (χ4n) is 2.05. The second kappa shape index (κ2) is 4.70. The highest BCUT2D eigenvalue weighted by Crippen LogP contribution is 2.24. The Hall–Kier alpha value is -2.01. The van der Waals surface area contributed by atoms with Crippen LogP contribution in [0.5, 0.6) is 0 Å². The molecule has 2 aromatic heterocycles. The van der Waals surface area contributed by atoms with Gasteiger partial charge in [0.1, 0.15) is 11.5 Å². The van der Waals surface area contributed by atoms with E-state index in [2.05, 4.69) is 20.3 Å². The highest BCUT2D eigenvalue weighted by Gasteiger charge is 2.18. The molecule has 3 rings (SSSR count). The topological polar surface area (TPSA) is 59.9 Å². The zero-order chi connectivity index (χ0) is 12.4. The number of nitrogens with one attached hydrogen (secondary N) is 1. The van der Waals surface area contributed by atoms with Gasteiger partial charge in [-0.1, -0.05) is 6.07 Å². The van der Waals surface area contributed by atoms with Crippen LogP contribution in [0.4, 0.5) is 5.82 Å². The normalized spacial score (nSPS) is 14.1. The Morgan fingerprint density at radius 2 is 2.22 bits per heavy atom. The van der Waals surface area contributed by atoms with Crippen LogP contribution in [0.25, 0.3) is 11.5 Å². The lowest BCUT2D eigenvalue weighted by molar-refractivity contribution is 0.109. The van der Waals surface area contributed by atoms with Gasteiger partial charge < -0.3 is 10.1 Å². The number of hydrogen-bond acceptors (Lipinski definition) is 5. The van der Waals surface area contributed by atoms with E-state index in [-0.39, 0.29) is 0 Å². The van der Waals surface area contributed by atoms with Crippen molar-refractivity contribution in [3.05, 3.63) is 35.7 Å². The van der Waals surface area contributed by atoms with Gasteiger partial charge in [-0.2, -0.15) is 0 Å². The minimum absolute atomic E-state index is 0.577. The van der Waals surface area contributed by atoms with E-state index in [0.29, 0.717) is 12.4 Å². The SMILES string of the molecule is CNc1nc(-c2ccccn2)nc2c1COCC2. The number of rotatable bonds is 2. The molecule has 1 N–H and O–H groups in total. The van der Waals surface area contributed by atoms with Gasteiger partial charge in [0.25, 0.3) is 0 Å². The molecule has 92 valence electrons. The second-order valence-corrected chi connectivity index (χ2v) is 4.09. The summed E-state index contributed by atoms with van der Waals surface area (Å²) < 4.78 is 5.45. The van der Waals surface area contributed by atoms with E-state index in [0.717, 1.165) is 35.8 Å². The van der Waals surface area contributed by atoms with Crippen molar-refractivity contribution in [3.63, 3.8) is 0 Å². The van der Waals surface area contributed by atoms with E-state index in [1.54, 1.807) is 6.20 Å². The Labute approximate surface area is 105 Å². The van der Waals surface area contributed by atoms with E-state index in [4.69, 9.17) is 4.74 Å². The monoisotopic (exact) mass is 242 g/mol. The molecule has 1 aliphatic heterocycles. The Morgan fingerprint density at radius 3 is 3.00 bits per heavy atom. The number of aromatic nitrogens is 3. The lowest BCUT2D eigenvalue weighted by atomic mass is 10.1. The van der Waals surface area contributed by atoms with Crippen LogP contribution in [0.2, 0.25) is 0 Å². The van der Waals surface area contributed by atoms with Crippen LogP contribution < -0.4 is 5.32 Å². The molecular weight excluding hydrogens is 228 g/mol. The summed E-state index contributed by atoms with van der Waals surface area (Å²) in [7, 11) is 1.86. The van der Waals surface area contributed by atoms with Crippen LogP contribution in [0.15, 0.2) is 24.4 Å². The summed E-state index contributed by atoms with van der Waals surface area (Å²) in [6.45, 7) is 1.29. The van der Waals surface area contributed by atoms with Crippen molar-refractivity contribution in [2.45, 2.75) is 13.0 Å². The molecule has 0 saturated heterocycles. The molecule has 0 aliphatic carbocycles. The minimum Gasteiger partial charge on any atom is -0.376 e. The molecule has 0 fully saturated rings. The van der Waals surface area contributed by atoms with E-state index >= 15 is 0 Å². The summed E-state index contributed by atoms with van der Waals surface area (Å²) in [6, 6.07) is 5.74. The predicted molar refractivity (Wildman–Crippen MR) is 68.2 cm³/mol. The number of nitrogens with zero attached hydrogens (tertiary/aromatic N) is 3. The number of fused-ring (bicyclic) bond motifs is 1. The zero-order valence-electron chi connectivity index (χ0n) is 10.2. The third-order valence-corrected chi connectivity index (χ3v) is 2.95. The summed E-state index contributed by atoms with van der Waals surface area (Å²) in [5.74, 6) is 1.50. The molecule has 0 saturated carbocycles. The van der Waals surface area contributed by atoms with Gasteiger partial charge in [0.15, 0.2) is 5.82 Å². The third kappa shape index (κ3) is 1.93. The first kappa shape index (κ1) is 11.1. The fraction of sp³-hybridized carbons (Fsp3) is 0.308. The van der Waals surface area contributed by atoms with Crippen molar-refractivity contribution < 1.29 is 4.74 Å². The number of hydrogen-bond donors (Lipinski definition) is 1. The third-order valence-electron chi connectivity index (χ3n) is 2.95. The molecule has 0 spiro atoms. The van der Waals surface area contributed by atoms with Crippen molar-refractivity contribution >= 4 is 5.82 Å². The molecule has 0 atom stereocenters. The van der Waals surface area contributed by atoms with Crippen molar-refractivity contribution in [2.75, 3.05) is 19.0 Å². The molecule has 3 heterocycles. The smallest absolute Gasteiger partial charge is 0.180 e. The molecule has 2 aromatic rings. The van der Waals surface area contributed by atoms with Crippen molar-refractivity contribution in [1.29, 1.82) is 0 Å². The Balaban J connectivity index is 2.12. The molecule has 0 radical (unpaired) electrons. The highest BCUT2D eigenvalue weighted by molar-refractivity contribution is 5.56. The van der Waals surface area contributed by atoms with E-state index < -0.39 is 0 Å². The molecule has 5 heteroatoms. The van der Waals surface area contributed by atoms with Crippen LogP contribution in [0.1, 0.15) is 11.3 Å². The summed E-state index contributed by atoms with van der Waals surface area (Å²) in [5, 5.41) is 3.11. The summed E-state index contributed by atoms with van der Waals surface area (Å²) in [4.78, 5) is 13.4.